The number of halogens is 1. The number of ether oxygens (including phenoxy) is 3. The lowest BCUT2D eigenvalue weighted by Crippen LogP contribution is -2.20. The number of nitrogens with two attached hydrogens (primary N) is 1. The van der Waals surface area contributed by atoms with E-state index in [4.69, 9.17) is 26.8 Å². The van der Waals surface area contributed by atoms with Crippen molar-refractivity contribution in [1.82, 2.24) is 0 Å². The Bertz CT molecular complexity index is 851. The minimum absolute atomic E-state index is 0.0641. The first-order valence-electron chi connectivity index (χ1n) is 7.13. The van der Waals surface area contributed by atoms with Gasteiger partial charge in [-0.15, -0.1) is 11.3 Å². The molecule has 138 valence electrons. The number of carbonyl (C=O) groups is 3. The maximum absolute atomic E-state index is 12.5. The van der Waals surface area contributed by atoms with Gasteiger partial charge in [0.05, 0.1) is 24.9 Å². The van der Waals surface area contributed by atoms with Crippen molar-refractivity contribution >= 4 is 46.4 Å². The first-order chi connectivity index (χ1) is 12.4. The molecule has 2 aromatic rings. The zero-order chi connectivity index (χ0) is 19.3. The molecule has 2 rings (SSSR count). The van der Waals surface area contributed by atoms with E-state index in [1.165, 1.54) is 26.4 Å². The smallest absolute Gasteiger partial charge is 0.350 e. The molecular weight excluding hydrogens is 384 g/mol. The molecule has 0 radical (unpaired) electrons. The highest BCUT2D eigenvalue weighted by molar-refractivity contribution is 7.12. The van der Waals surface area contributed by atoms with Crippen LogP contribution < -0.4 is 20.5 Å². The summed E-state index contributed by atoms with van der Waals surface area (Å²) >= 11 is 7.26. The summed E-state index contributed by atoms with van der Waals surface area (Å²) in [5, 5.41) is 4.32. The first-order valence-corrected chi connectivity index (χ1v) is 8.39. The average molecular weight is 399 g/mol. The molecule has 0 aliphatic rings. The van der Waals surface area contributed by atoms with Gasteiger partial charge in [0.2, 0.25) is 0 Å². The highest BCUT2D eigenvalue weighted by atomic mass is 35.5. The summed E-state index contributed by atoms with van der Waals surface area (Å²) in [4.78, 5) is 35.3. The third-order valence-electron chi connectivity index (χ3n) is 3.13. The number of carbonyl (C=O) groups excluding carboxylic acids is 3. The van der Waals surface area contributed by atoms with Crippen molar-refractivity contribution in [1.29, 1.82) is 0 Å². The fraction of sp³-hybridized carbons (Fsp3) is 0.188. The molecular formula is C16H15ClN2O6S. The van der Waals surface area contributed by atoms with Gasteiger partial charge in [0.15, 0.2) is 18.1 Å². The summed E-state index contributed by atoms with van der Waals surface area (Å²) < 4.78 is 15.0. The average Bonchev–Trinajstić information content (AvgIpc) is 3.07. The number of benzene rings is 1. The van der Waals surface area contributed by atoms with Crippen molar-refractivity contribution in [3.05, 3.63) is 39.0 Å². The first kappa shape index (κ1) is 19.5. The van der Waals surface area contributed by atoms with Crippen molar-refractivity contribution in [2.75, 3.05) is 26.1 Å². The van der Waals surface area contributed by atoms with Crippen LogP contribution >= 0.6 is 22.9 Å². The lowest BCUT2D eigenvalue weighted by Gasteiger charge is -2.13. The van der Waals surface area contributed by atoms with Crippen LogP contribution in [0.5, 0.6) is 11.5 Å². The Labute approximate surface area is 157 Å². The lowest BCUT2D eigenvalue weighted by molar-refractivity contribution is -0.119. The molecule has 0 unspecified atom stereocenters. The van der Waals surface area contributed by atoms with Gasteiger partial charge in [0.25, 0.3) is 11.8 Å². The maximum atomic E-state index is 12.5. The van der Waals surface area contributed by atoms with Crippen LogP contribution in [0.2, 0.25) is 5.02 Å². The number of esters is 1. The minimum atomic E-state index is -0.683. The zero-order valence-electron chi connectivity index (χ0n) is 13.8. The van der Waals surface area contributed by atoms with Gasteiger partial charge in [0, 0.05) is 5.56 Å². The molecule has 1 heterocycles. The third kappa shape index (κ3) is 4.44. The quantitative estimate of drug-likeness (QED) is 0.691. The van der Waals surface area contributed by atoms with Crippen molar-refractivity contribution in [3.63, 3.8) is 0 Å². The van der Waals surface area contributed by atoms with Crippen LogP contribution in [-0.2, 0) is 9.53 Å². The molecule has 0 bridgehead atoms. The topological polar surface area (TPSA) is 117 Å². The standard InChI is InChI=1S/C16H15ClN2O6S/c1-23-11-6-8(5-9(17)13(11)25-7-12(18)20)15(21)19-10-3-4-26-14(10)16(22)24-2/h3-6H,7H2,1-2H3,(H2,18,20)(H,19,21). The number of thiophene rings is 1. The van der Waals surface area contributed by atoms with Gasteiger partial charge in [-0.2, -0.15) is 0 Å². The van der Waals surface area contributed by atoms with Crippen LogP contribution in [0.3, 0.4) is 0 Å². The van der Waals surface area contributed by atoms with Crippen LogP contribution in [-0.4, -0.2) is 38.6 Å². The van der Waals surface area contributed by atoms with E-state index in [-0.39, 0.29) is 33.6 Å². The van der Waals surface area contributed by atoms with Crippen molar-refractivity contribution in [2.45, 2.75) is 0 Å². The second-order valence-electron chi connectivity index (χ2n) is 4.85. The predicted molar refractivity (Wildman–Crippen MR) is 96.3 cm³/mol. The minimum Gasteiger partial charge on any atom is -0.493 e. The summed E-state index contributed by atoms with van der Waals surface area (Å²) in [6, 6.07) is 4.32. The van der Waals surface area contributed by atoms with Crippen molar-refractivity contribution in [2.24, 2.45) is 5.73 Å². The van der Waals surface area contributed by atoms with Gasteiger partial charge in [0.1, 0.15) is 4.88 Å². The molecule has 0 fully saturated rings. The maximum Gasteiger partial charge on any atom is 0.350 e. The van der Waals surface area contributed by atoms with Crippen LogP contribution in [0, 0.1) is 0 Å². The fourth-order valence-corrected chi connectivity index (χ4v) is 3.02. The summed E-state index contributed by atoms with van der Waals surface area (Å²) in [6.45, 7) is -0.390. The highest BCUT2D eigenvalue weighted by Gasteiger charge is 2.19. The number of nitrogens with one attached hydrogen (secondary N) is 1. The molecule has 2 amide bonds. The normalized spacial score (nSPS) is 10.1. The molecule has 10 heteroatoms. The van der Waals surface area contributed by atoms with Crippen molar-refractivity contribution in [3.8, 4) is 11.5 Å². The number of rotatable bonds is 7. The van der Waals surface area contributed by atoms with Gasteiger partial charge in [-0.05, 0) is 23.6 Å². The van der Waals surface area contributed by atoms with E-state index >= 15 is 0 Å². The van der Waals surface area contributed by atoms with Crippen molar-refractivity contribution < 1.29 is 28.6 Å². The molecule has 26 heavy (non-hydrogen) atoms. The number of methoxy groups -OCH3 is 2. The van der Waals surface area contributed by atoms with Crippen LogP contribution in [0.25, 0.3) is 0 Å². The molecule has 8 nitrogen and oxygen atoms in total. The lowest BCUT2D eigenvalue weighted by atomic mass is 10.1. The molecule has 0 atom stereocenters. The Balaban J connectivity index is 2.27. The van der Waals surface area contributed by atoms with E-state index < -0.39 is 17.8 Å². The van der Waals surface area contributed by atoms with Gasteiger partial charge in [-0.1, -0.05) is 11.6 Å². The van der Waals surface area contributed by atoms with Gasteiger partial charge in [-0.3, -0.25) is 9.59 Å². The third-order valence-corrected chi connectivity index (χ3v) is 4.31. The van der Waals surface area contributed by atoms with Crippen LogP contribution in [0.1, 0.15) is 20.0 Å². The molecule has 0 saturated heterocycles. The Morgan fingerprint density at radius 3 is 2.62 bits per heavy atom. The van der Waals surface area contributed by atoms with Crippen LogP contribution in [0.4, 0.5) is 5.69 Å². The Morgan fingerprint density at radius 1 is 1.27 bits per heavy atom. The second kappa shape index (κ2) is 8.54. The number of primary amides is 1. The summed E-state index contributed by atoms with van der Waals surface area (Å²) in [5.41, 5.74) is 5.52. The van der Waals surface area contributed by atoms with E-state index in [2.05, 4.69) is 10.1 Å². The number of anilines is 1. The molecule has 1 aromatic heterocycles. The summed E-state index contributed by atoms with van der Waals surface area (Å²) in [7, 11) is 2.61. The predicted octanol–water partition coefficient (Wildman–Crippen LogP) is 2.31. The molecule has 3 N–H and O–H groups in total. The van der Waals surface area contributed by atoms with E-state index in [0.29, 0.717) is 5.69 Å². The highest BCUT2D eigenvalue weighted by Crippen LogP contribution is 2.36. The SMILES string of the molecule is COC(=O)c1sccc1NC(=O)c1cc(Cl)c(OCC(N)=O)c(OC)c1. The van der Waals surface area contributed by atoms with Gasteiger partial charge >= 0.3 is 5.97 Å². The Kier molecular flexibility index (Phi) is 6.42. The molecule has 1 aromatic carbocycles. The van der Waals surface area contributed by atoms with E-state index in [9.17, 15) is 14.4 Å². The molecule has 0 aliphatic carbocycles. The zero-order valence-corrected chi connectivity index (χ0v) is 15.4. The van der Waals surface area contributed by atoms with E-state index in [1.807, 2.05) is 0 Å². The molecule has 0 spiro atoms. The summed E-state index contributed by atoms with van der Waals surface area (Å²) in [6.07, 6.45) is 0. The summed E-state index contributed by atoms with van der Waals surface area (Å²) in [5.74, 6) is -1.51. The fourth-order valence-electron chi connectivity index (χ4n) is 1.99. The second-order valence-corrected chi connectivity index (χ2v) is 6.18. The van der Waals surface area contributed by atoms with Crippen LogP contribution in [0.15, 0.2) is 23.6 Å². The number of hydrogen-bond donors (Lipinski definition) is 2. The molecule has 0 saturated carbocycles. The Morgan fingerprint density at radius 2 is 2.00 bits per heavy atom. The number of hydrogen-bond acceptors (Lipinski definition) is 7. The van der Waals surface area contributed by atoms with E-state index in [1.54, 1.807) is 11.4 Å². The van der Waals surface area contributed by atoms with Gasteiger partial charge in [-0.25, -0.2) is 4.79 Å². The van der Waals surface area contributed by atoms with E-state index in [0.717, 1.165) is 11.3 Å². The van der Waals surface area contributed by atoms with Gasteiger partial charge < -0.3 is 25.3 Å². The largest absolute Gasteiger partial charge is 0.493 e. The molecule has 0 aliphatic heterocycles. The monoisotopic (exact) mass is 398 g/mol. The Hall–Kier alpha value is -2.78. The number of amides is 2.